The van der Waals surface area contributed by atoms with Gasteiger partial charge in [-0.2, -0.15) is 10.4 Å². The van der Waals surface area contributed by atoms with Gasteiger partial charge >= 0.3 is 0 Å². The van der Waals surface area contributed by atoms with Gasteiger partial charge in [-0.15, -0.1) is 11.3 Å². The summed E-state index contributed by atoms with van der Waals surface area (Å²) in [5, 5.41) is 15.7. The Labute approximate surface area is 181 Å². The highest BCUT2D eigenvalue weighted by molar-refractivity contribution is 7.98. The molecule has 3 heterocycles. The zero-order valence-electron chi connectivity index (χ0n) is 16.7. The summed E-state index contributed by atoms with van der Waals surface area (Å²) in [7, 11) is 1.78. The molecule has 5 rings (SSSR count). The maximum atomic E-state index is 13.0. The molecule has 6 nitrogen and oxygen atoms in total. The number of nitrogens with zero attached hydrogens (tertiary/aromatic N) is 5. The first-order chi connectivity index (χ1) is 14.6. The van der Waals surface area contributed by atoms with Crippen molar-refractivity contribution in [2.45, 2.75) is 37.1 Å². The zero-order valence-corrected chi connectivity index (χ0v) is 18.3. The maximum Gasteiger partial charge on any atom is 0.262 e. The van der Waals surface area contributed by atoms with Gasteiger partial charge in [-0.1, -0.05) is 30.0 Å². The van der Waals surface area contributed by atoms with E-state index >= 15 is 0 Å². The van der Waals surface area contributed by atoms with E-state index in [-0.39, 0.29) is 5.56 Å². The molecule has 1 aromatic carbocycles. The predicted octanol–water partition coefficient (Wildman–Crippen LogP) is 4.14. The number of hydrogen-bond acceptors (Lipinski definition) is 6. The van der Waals surface area contributed by atoms with Gasteiger partial charge < -0.3 is 0 Å². The van der Waals surface area contributed by atoms with Gasteiger partial charge in [-0.3, -0.25) is 9.36 Å². The second-order valence-electron chi connectivity index (χ2n) is 7.35. The molecule has 0 atom stereocenters. The van der Waals surface area contributed by atoms with Crippen molar-refractivity contribution in [3.63, 3.8) is 0 Å². The standard InChI is InChI=1S/C22H19N5OS2/c1-13-16(11-23)17(27(25-13)14-7-4-3-5-8-14)12-29-22-24-20-19(21(28)26(22)2)15-9-6-10-18(15)30-20/h3-5,7-8H,6,9-10,12H2,1-2H3. The molecular formula is C22H19N5OS2. The number of para-hydroxylation sites is 1. The van der Waals surface area contributed by atoms with Crippen LogP contribution in [0.3, 0.4) is 0 Å². The molecule has 0 saturated heterocycles. The minimum atomic E-state index is 0.0233. The number of thiophene rings is 1. The lowest BCUT2D eigenvalue weighted by atomic mass is 10.2. The molecule has 0 saturated carbocycles. The molecule has 0 bridgehead atoms. The molecule has 3 aromatic heterocycles. The van der Waals surface area contributed by atoms with Crippen molar-refractivity contribution < 1.29 is 0 Å². The normalized spacial score (nSPS) is 13.0. The predicted molar refractivity (Wildman–Crippen MR) is 119 cm³/mol. The zero-order chi connectivity index (χ0) is 20.8. The van der Waals surface area contributed by atoms with E-state index in [9.17, 15) is 10.1 Å². The number of thioether (sulfide) groups is 1. The Balaban J connectivity index is 1.55. The highest BCUT2D eigenvalue weighted by atomic mass is 32.2. The number of hydrogen-bond donors (Lipinski definition) is 0. The minimum Gasteiger partial charge on any atom is -0.290 e. The summed E-state index contributed by atoms with van der Waals surface area (Å²) in [6, 6.07) is 12.1. The van der Waals surface area contributed by atoms with Gasteiger partial charge in [0.2, 0.25) is 0 Å². The van der Waals surface area contributed by atoms with Gasteiger partial charge in [0.05, 0.1) is 28.0 Å². The molecule has 4 aromatic rings. The van der Waals surface area contributed by atoms with E-state index in [4.69, 9.17) is 4.98 Å². The maximum absolute atomic E-state index is 13.0. The SMILES string of the molecule is Cc1nn(-c2ccccc2)c(CSc2nc3sc4c(c3c(=O)n2C)CCC4)c1C#N. The topological polar surface area (TPSA) is 76.5 Å². The van der Waals surface area contributed by atoms with Crippen LogP contribution in [0.2, 0.25) is 0 Å². The third-order valence-electron chi connectivity index (χ3n) is 5.51. The van der Waals surface area contributed by atoms with Crippen LogP contribution in [-0.2, 0) is 25.6 Å². The van der Waals surface area contributed by atoms with Crippen LogP contribution >= 0.6 is 23.1 Å². The highest BCUT2D eigenvalue weighted by Crippen LogP contribution is 2.36. The Morgan fingerprint density at radius 3 is 2.83 bits per heavy atom. The molecule has 0 N–H and O–H groups in total. The van der Waals surface area contributed by atoms with E-state index < -0.39 is 0 Å². The molecule has 0 aliphatic heterocycles. The molecule has 0 fully saturated rings. The molecule has 8 heteroatoms. The van der Waals surface area contributed by atoms with Gasteiger partial charge in [0, 0.05) is 17.7 Å². The van der Waals surface area contributed by atoms with Crippen LogP contribution < -0.4 is 5.56 Å². The summed E-state index contributed by atoms with van der Waals surface area (Å²) >= 11 is 3.12. The van der Waals surface area contributed by atoms with E-state index in [1.165, 1.54) is 22.2 Å². The van der Waals surface area contributed by atoms with Crippen LogP contribution in [0.25, 0.3) is 15.9 Å². The largest absolute Gasteiger partial charge is 0.290 e. The van der Waals surface area contributed by atoms with Gasteiger partial charge in [0.25, 0.3) is 5.56 Å². The van der Waals surface area contributed by atoms with Crippen molar-refractivity contribution >= 4 is 33.3 Å². The number of benzene rings is 1. The molecule has 1 aliphatic carbocycles. The first-order valence-electron chi connectivity index (χ1n) is 9.76. The van der Waals surface area contributed by atoms with E-state index in [0.29, 0.717) is 22.2 Å². The molecule has 30 heavy (non-hydrogen) atoms. The summed E-state index contributed by atoms with van der Waals surface area (Å²) in [5.41, 5.74) is 4.22. The van der Waals surface area contributed by atoms with Crippen LogP contribution in [-0.4, -0.2) is 19.3 Å². The Morgan fingerprint density at radius 2 is 2.07 bits per heavy atom. The van der Waals surface area contributed by atoms with Gasteiger partial charge in [0.1, 0.15) is 10.9 Å². The molecular weight excluding hydrogens is 414 g/mol. The van der Waals surface area contributed by atoms with Crippen molar-refractivity contribution in [2.75, 3.05) is 0 Å². The van der Waals surface area contributed by atoms with Crippen LogP contribution in [0, 0.1) is 18.3 Å². The summed E-state index contributed by atoms with van der Waals surface area (Å²) in [5.74, 6) is 0.496. The lowest BCUT2D eigenvalue weighted by Gasteiger charge is -2.10. The fourth-order valence-corrected chi connectivity index (χ4v) is 6.28. The third kappa shape index (κ3) is 2.97. The first-order valence-corrected chi connectivity index (χ1v) is 11.6. The fourth-order valence-electron chi connectivity index (χ4n) is 4.00. The van der Waals surface area contributed by atoms with E-state index in [0.717, 1.165) is 40.9 Å². The number of aryl methyl sites for hydroxylation is 3. The fraction of sp³-hybridized carbons (Fsp3) is 0.273. The molecule has 0 radical (unpaired) electrons. The Bertz CT molecular complexity index is 1380. The minimum absolute atomic E-state index is 0.0233. The van der Waals surface area contributed by atoms with Crippen LogP contribution in [0.15, 0.2) is 40.3 Å². The van der Waals surface area contributed by atoms with Crippen LogP contribution in [0.5, 0.6) is 0 Å². The molecule has 0 spiro atoms. The highest BCUT2D eigenvalue weighted by Gasteiger charge is 2.23. The lowest BCUT2D eigenvalue weighted by Crippen LogP contribution is -2.20. The van der Waals surface area contributed by atoms with E-state index in [1.807, 2.05) is 41.9 Å². The third-order valence-corrected chi connectivity index (χ3v) is 7.74. The Morgan fingerprint density at radius 1 is 1.27 bits per heavy atom. The average molecular weight is 434 g/mol. The molecule has 1 aliphatic rings. The molecule has 0 amide bonds. The van der Waals surface area contributed by atoms with Gasteiger partial charge in [-0.25, -0.2) is 9.67 Å². The number of fused-ring (bicyclic) bond motifs is 3. The second-order valence-corrected chi connectivity index (χ2v) is 9.38. The summed E-state index contributed by atoms with van der Waals surface area (Å²) in [4.78, 5) is 20.0. The van der Waals surface area contributed by atoms with Crippen molar-refractivity contribution in [3.05, 3.63) is 68.1 Å². The van der Waals surface area contributed by atoms with Crippen molar-refractivity contribution in [1.29, 1.82) is 5.26 Å². The van der Waals surface area contributed by atoms with Crippen molar-refractivity contribution in [1.82, 2.24) is 19.3 Å². The first kappa shape index (κ1) is 19.1. The average Bonchev–Trinajstić information content (AvgIpc) is 3.42. The summed E-state index contributed by atoms with van der Waals surface area (Å²) in [6.45, 7) is 1.85. The Kier molecular flexibility index (Phi) is 4.72. The summed E-state index contributed by atoms with van der Waals surface area (Å²) in [6.07, 6.45) is 3.14. The van der Waals surface area contributed by atoms with Crippen molar-refractivity contribution in [2.24, 2.45) is 7.05 Å². The lowest BCUT2D eigenvalue weighted by molar-refractivity contribution is 0.726. The Hall–Kier alpha value is -2.89. The smallest absolute Gasteiger partial charge is 0.262 e. The number of nitriles is 1. The molecule has 0 unspecified atom stereocenters. The molecule has 150 valence electrons. The number of rotatable bonds is 4. The van der Waals surface area contributed by atoms with Crippen LogP contribution in [0.1, 0.15) is 33.8 Å². The monoisotopic (exact) mass is 433 g/mol. The summed E-state index contributed by atoms with van der Waals surface area (Å²) < 4.78 is 3.46. The van der Waals surface area contributed by atoms with Gasteiger partial charge in [-0.05, 0) is 43.9 Å². The quantitative estimate of drug-likeness (QED) is 0.357. The number of aromatic nitrogens is 4. The van der Waals surface area contributed by atoms with Crippen LogP contribution in [0.4, 0.5) is 0 Å². The van der Waals surface area contributed by atoms with Gasteiger partial charge in [0.15, 0.2) is 5.16 Å². The van der Waals surface area contributed by atoms with E-state index in [2.05, 4.69) is 11.2 Å². The van der Waals surface area contributed by atoms with E-state index in [1.54, 1.807) is 23.0 Å². The second kappa shape index (κ2) is 7.42. The van der Waals surface area contributed by atoms with Crippen molar-refractivity contribution in [3.8, 4) is 11.8 Å².